The maximum Gasteiger partial charge on any atom is 0.306 e. The minimum atomic E-state index is -0.732. The lowest BCUT2D eigenvalue weighted by Crippen LogP contribution is -2.16. The summed E-state index contributed by atoms with van der Waals surface area (Å²) in [5.74, 6) is -0.841. The molecule has 0 rings (SSSR count). The number of carboxylic acids is 1. The van der Waals surface area contributed by atoms with Crippen LogP contribution >= 0.6 is 0 Å². The number of carboxylic acid groups (broad SMARTS) is 1. The standard InChI is InChI=1S/C34H56O4/c1-3-5-7-9-11-12-13-14-15-16-17-18-19-21-27-31-34(37)38-32(28-24-20-10-8-6-4-2)29-25-22-23-26-30-33(35)36/h5,7,11-12,14-15,17-18,24,28,32H,3-4,6,8-10,13,16,19-23,25-27,29-31H2,1-2H3,(H,35,36)/b7-5-,12-11-,15-14-,18-17-,28-24-. The van der Waals surface area contributed by atoms with Gasteiger partial charge in [0.15, 0.2) is 0 Å². The predicted molar refractivity (Wildman–Crippen MR) is 162 cm³/mol. The van der Waals surface area contributed by atoms with Crippen LogP contribution in [0.15, 0.2) is 60.8 Å². The lowest BCUT2D eigenvalue weighted by Gasteiger charge is -2.14. The number of rotatable bonds is 26. The van der Waals surface area contributed by atoms with E-state index in [9.17, 15) is 9.59 Å². The highest BCUT2D eigenvalue weighted by molar-refractivity contribution is 5.69. The van der Waals surface area contributed by atoms with Crippen LogP contribution in [0.3, 0.4) is 0 Å². The quantitative estimate of drug-likeness (QED) is 0.0689. The van der Waals surface area contributed by atoms with E-state index in [1.165, 1.54) is 25.7 Å². The Morgan fingerprint density at radius 2 is 1.18 bits per heavy atom. The number of carbonyl (C=O) groups excluding carboxylic acids is 1. The van der Waals surface area contributed by atoms with Crippen molar-refractivity contribution in [2.75, 3.05) is 0 Å². The zero-order chi connectivity index (χ0) is 27.9. The van der Waals surface area contributed by atoms with Gasteiger partial charge in [-0.3, -0.25) is 9.59 Å². The second-order valence-corrected chi connectivity index (χ2v) is 9.90. The molecule has 0 aromatic carbocycles. The fourth-order valence-corrected chi connectivity index (χ4v) is 3.96. The largest absolute Gasteiger partial charge is 0.481 e. The number of aliphatic carboxylic acids is 1. The Morgan fingerprint density at radius 1 is 0.632 bits per heavy atom. The zero-order valence-electron chi connectivity index (χ0n) is 24.5. The molecule has 1 atom stereocenters. The van der Waals surface area contributed by atoms with Crippen LogP contribution in [-0.2, 0) is 14.3 Å². The fraction of sp³-hybridized carbons (Fsp3) is 0.647. The number of hydrogen-bond donors (Lipinski definition) is 1. The summed E-state index contributed by atoms with van der Waals surface area (Å²) in [6.07, 6.45) is 39.5. The number of hydrogen-bond acceptors (Lipinski definition) is 3. The summed E-state index contributed by atoms with van der Waals surface area (Å²) < 4.78 is 5.79. The van der Waals surface area contributed by atoms with Crippen LogP contribution in [0.5, 0.6) is 0 Å². The van der Waals surface area contributed by atoms with Gasteiger partial charge < -0.3 is 9.84 Å². The molecule has 0 amide bonds. The Balaban J connectivity index is 4.12. The first kappa shape index (κ1) is 35.6. The van der Waals surface area contributed by atoms with Crippen LogP contribution in [0.2, 0.25) is 0 Å². The molecular weight excluding hydrogens is 472 g/mol. The topological polar surface area (TPSA) is 63.6 Å². The number of ether oxygens (including phenoxy) is 1. The Morgan fingerprint density at radius 3 is 1.84 bits per heavy atom. The Bertz CT molecular complexity index is 699. The number of carbonyl (C=O) groups is 2. The molecule has 0 aliphatic carbocycles. The van der Waals surface area contributed by atoms with Gasteiger partial charge in [-0.05, 0) is 83.1 Å². The molecule has 0 radical (unpaired) electrons. The van der Waals surface area contributed by atoms with Gasteiger partial charge in [0.05, 0.1) is 0 Å². The van der Waals surface area contributed by atoms with Crippen LogP contribution < -0.4 is 0 Å². The van der Waals surface area contributed by atoms with Gasteiger partial charge in [-0.2, -0.15) is 0 Å². The monoisotopic (exact) mass is 528 g/mol. The Kier molecular flexibility index (Phi) is 27.4. The van der Waals surface area contributed by atoms with E-state index in [4.69, 9.17) is 9.84 Å². The van der Waals surface area contributed by atoms with Crippen LogP contribution in [0, 0.1) is 0 Å². The van der Waals surface area contributed by atoms with Crippen molar-refractivity contribution < 1.29 is 19.4 Å². The van der Waals surface area contributed by atoms with Crippen LogP contribution in [0.25, 0.3) is 0 Å². The zero-order valence-corrected chi connectivity index (χ0v) is 24.5. The summed E-state index contributed by atoms with van der Waals surface area (Å²) in [6, 6.07) is 0. The van der Waals surface area contributed by atoms with Gasteiger partial charge in [-0.15, -0.1) is 0 Å². The third-order valence-corrected chi connectivity index (χ3v) is 6.21. The summed E-state index contributed by atoms with van der Waals surface area (Å²) in [7, 11) is 0. The molecule has 216 valence electrons. The van der Waals surface area contributed by atoms with Crippen LogP contribution in [-0.4, -0.2) is 23.1 Å². The summed E-state index contributed by atoms with van der Waals surface area (Å²) in [4.78, 5) is 23.1. The molecule has 0 fully saturated rings. The van der Waals surface area contributed by atoms with Crippen molar-refractivity contribution in [3.63, 3.8) is 0 Å². The minimum absolute atomic E-state index is 0.110. The van der Waals surface area contributed by atoms with Crippen molar-refractivity contribution in [3.8, 4) is 0 Å². The van der Waals surface area contributed by atoms with Gasteiger partial charge in [-0.25, -0.2) is 0 Å². The number of allylic oxidation sites excluding steroid dienone is 9. The molecule has 0 aromatic heterocycles. The second-order valence-electron chi connectivity index (χ2n) is 9.90. The molecule has 0 aromatic rings. The van der Waals surface area contributed by atoms with Gasteiger partial charge in [0.1, 0.15) is 6.10 Å². The van der Waals surface area contributed by atoms with Crippen molar-refractivity contribution >= 4 is 11.9 Å². The minimum Gasteiger partial charge on any atom is -0.481 e. The highest BCUT2D eigenvalue weighted by Crippen LogP contribution is 2.14. The molecule has 0 bridgehead atoms. The molecule has 1 N–H and O–H groups in total. The predicted octanol–water partition coefficient (Wildman–Crippen LogP) is 10.2. The number of esters is 1. The van der Waals surface area contributed by atoms with E-state index in [-0.39, 0.29) is 18.5 Å². The van der Waals surface area contributed by atoms with Crippen molar-refractivity contribution in [3.05, 3.63) is 60.8 Å². The third-order valence-electron chi connectivity index (χ3n) is 6.21. The third kappa shape index (κ3) is 28.2. The fourth-order valence-electron chi connectivity index (χ4n) is 3.96. The molecule has 4 nitrogen and oxygen atoms in total. The van der Waals surface area contributed by atoms with E-state index in [2.05, 4.69) is 74.6 Å². The number of unbranched alkanes of at least 4 members (excludes halogenated alkanes) is 9. The van der Waals surface area contributed by atoms with Gasteiger partial charge in [0, 0.05) is 12.8 Å². The van der Waals surface area contributed by atoms with Crippen molar-refractivity contribution in [2.24, 2.45) is 0 Å². The normalized spacial score (nSPS) is 13.1. The van der Waals surface area contributed by atoms with E-state index < -0.39 is 5.97 Å². The maximum atomic E-state index is 12.4. The summed E-state index contributed by atoms with van der Waals surface area (Å²) in [5.41, 5.74) is 0. The average Bonchev–Trinajstić information content (AvgIpc) is 2.89. The van der Waals surface area contributed by atoms with E-state index >= 15 is 0 Å². The molecule has 4 heteroatoms. The van der Waals surface area contributed by atoms with Gasteiger partial charge in [-0.1, -0.05) is 101 Å². The Hall–Kier alpha value is -2.36. The highest BCUT2D eigenvalue weighted by atomic mass is 16.5. The Labute approximate surface area is 234 Å². The smallest absolute Gasteiger partial charge is 0.306 e. The molecule has 0 aliphatic rings. The van der Waals surface area contributed by atoms with Crippen molar-refractivity contribution in [2.45, 2.75) is 142 Å². The van der Waals surface area contributed by atoms with Crippen molar-refractivity contribution in [1.29, 1.82) is 0 Å². The van der Waals surface area contributed by atoms with Crippen LogP contribution in [0.1, 0.15) is 136 Å². The first-order chi connectivity index (χ1) is 18.6. The second kappa shape index (κ2) is 29.2. The van der Waals surface area contributed by atoms with E-state index in [0.717, 1.165) is 77.0 Å². The lowest BCUT2D eigenvalue weighted by atomic mass is 10.1. The molecule has 0 aliphatic heterocycles. The lowest BCUT2D eigenvalue weighted by molar-refractivity contribution is -0.147. The molecule has 0 saturated carbocycles. The van der Waals surface area contributed by atoms with E-state index in [0.29, 0.717) is 12.8 Å². The molecule has 0 heterocycles. The summed E-state index contributed by atoms with van der Waals surface area (Å²) >= 11 is 0. The van der Waals surface area contributed by atoms with Gasteiger partial charge >= 0.3 is 11.9 Å². The SMILES string of the molecule is CC/C=C\C/C=C\C/C=C\C/C=C\CCCCC(=O)OC(/C=C\CCCCCC)CCCCCCC(=O)O. The molecule has 1 unspecified atom stereocenters. The molecular formula is C34H56O4. The van der Waals surface area contributed by atoms with Crippen molar-refractivity contribution in [1.82, 2.24) is 0 Å². The summed E-state index contributed by atoms with van der Waals surface area (Å²) in [5, 5.41) is 8.76. The van der Waals surface area contributed by atoms with Gasteiger partial charge in [0.25, 0.3) is 0 Å². The average molecular weight is 529 g/mol. The first-order valence-electron chi connectivity index (χ1n) is 15.3. The van der Waals surface area contributed by atoms with E-state index in [1.54, 1.807) is 0 Å². The molecule has 0 spiro atoms. The van der Waals surface area contributed by atoms with E-state index in [1.807, 2.05) is 0 Å². The summed E-state index contributed by atoms with van der Waals surface area (Å²) in [6.45, 7) is 4.36. The highest BCUT2D eigenvalue weighted by Gasteiger charge is 2.11. The molecule has 38 heavy (non-hydrogen) atoms. The van der Waals surface area contributed by atoms with Crippen LogP contribution in [0.4, 0.5) is 0 Å². The van der Waals surface area contributed by atoms with Gasteiger partial charge in [0.2, 0.25) is 0 Å². The maximum absolute atomic E-state index is 12.4. The molecule has 0 saturated heterocycles. The first-order valence-corrected chi connectivity index (χ1v) is 15.3.